The molecule has 0 spiro atoms. The Kier molecular flexibility index (Phi) is 16.5. The van der Waals surface area contributed by atoms with Gasteiger partial charge in [0.2, 0.25) is 0 Å². The van der Waals surface area contributed by atoms with Gasteiger partial charge in [0, 0.05) is 76.6 Å². The van der Waals surface area contributed by atoms with Gasteiger partial charge in [-0.1, -0.05) is 36.4 Å². The Hall–Kier alpha value is -4.33. The summed E-state index contributed by atoms with van der Waals surface area (Å²) in [5.74, 6) is 0.0584. The largest absolute Gasteiger partial charge is 1.00 e. The second-order valence-electron chi connectivity index (χ2n) is 9.53. The maximum Gasteiger partial charge on any atom is 1.00 e. The first-order chi connectivity index (χ1) is 22.0. The molecule has 0 fully saturated rings. The van der Waals surface area contributed by atoms with Crippen molar-refractivity contribution in [1.82, 2.24) is 24.9 Å². The van der Waals surface area contributed by atoms with Gasteiger partial charge in [-0.05, 0) is 62.4 Å². The molecule has 10 nitrogen and oxygen atoms in total. The second kappa shape index (κ2) is 20.0. The zero-order chi connectivity index (χ0) is 32.0. The zero-order valence-corrected chi connectivity index (χ0v) is 29.5. The summed E-state index contributed by atoms with van der Waals surface area (Å²) in [5, 5.41) is 10.7. The van der Waals surface area contributed by atoms with E-state index < -0.39 is 0 Å². The minimum absolute atomic E-state index is 0. The fourth-order valence-electron chi connectivity index (χ4n) is 4.26. The third kappa shape index (κ3) is 10.6. The number of nitrogens with two attached hydrogens (primary N) is 1. The third-order valence-electron chi connectivity index (χ3n) is 6.43. The first-order valence-electron chi connectivity index (χ1n) is 14.1. The number of aldehydes is 1. The van der Waals surface area contributed by atoms with Gasteiger partial charge in [-0.2, -0.15) is 0 Å². The quantitative estimate of drug-likeness (QED) is 0.0944. The summed E-state index contributed by atoms with van der Waals surface area (Å²) in [6.07, 6.45) is 11.0. The van der Waals surface area contributed by atoms with Gasteiger partial charge < -0.3 is 16.3 Å². The number of hydrogen-bond acceptors (Lipinski definition) is 10. The minimum atomic E-state index is 0. The number of benzene rings is 2. The Morgan fingerprint density at radius 3 is 1.83 bits per heavy atom. The van der Waals surface area contributed by atoms with Gasteiger partial charge in [0.1, 0.15) is 0 Å². The number of aromatic nitrogens is 5. The molecule has 0 unspecified atom stereocenters. The van der Waals surface area contributed by atoms with Crippen molar-refractivity contribution in [3.05, 3.63) is 133 Å². The van der Waals surface area contributed by atoms with E-state index >= 15 is 0 Å². The number of aliphatic hydroxyl groups is 1. The van der Waals surface area contributed by atoms with Crippen molar-refractivity contribution < 1.29 is 71.6 Å². The summed E-state index contributed by atoms with van der Waals surface area (Å²) >= 11 is 0. The molecule has 4 N–H and O–H groups in total. The number of anilines is 1. The summed E-state index contributed by atoms with van der Waals surface area (Å²) in [6, 6.07) is 27.0. The van der Waals surface area contributed by atoms with Crippen LogP contribution in [0, 0.1) is 0 Å². The molecule has 7 aromatic rings. The van der Waals surface area contributed by atoms with Crippen LogP contribution in [0.2, 0.25) is 0 Å². The number of Topliss-reactive ketones (excluding diaryl/α,β-unsaturated/α-hetero) is 1. The normalized spacial score (nSPS) is 9.60. The number of carbonyl (C=O) groups excluding carboxylic acids is 2. The Bertz CT molecular complexity index is 2030. The number of nitrogens with zero attached hydrogens (tertiary/aromatic N) is 5. The Morgan fingerprint density at radius 2 is 1.28 bits per heavy atom. The molecule has 0 bridgehead atoms. The standard InChI is InChI=1S/C17H11N3.C10H8N2O.C7H7NO.C2H6O.K.H2O/c1-4-14(11-18-9-1)15-8-7-13-6-5-12-3-2-10-19-16(12)17(13)20-15;11-9-8(6-13)4-3-7-2-1-5-12-10(7)9;1-6(9)7-3-2-4-8-5-7;1-2-3;;/h1-11H;1-6H,11H2;2-5H,1H3;3H,2H2,1H3;;1H2/q;;;;+1;/p-1. The van der Waals surface area contributed by atoms with Crippen LogP contribution < -0.4 is 57.1 Å². The van der Waals surface area contributed by atoms with Crippen molar-refractivity contribution in [1.29, 1.82) is 0 Å². The molecular formula is C36H33KN6O4. The maximum absolute atomic E-state index is 10.6. The average Bonchev–Trinajstić information content (AvgIpc) is 3.10. The van der Waals surface area contributed by atoms with Gasteiger partial charge >= 0.3 is 51.4 Å². The maximum atomic E-state index is 10.6. The number of aliphatic hydroxyl groups excluding tert-OH is 1. The van der Waals surface area contributed by atoms with Gasteiger partial charge in [0.05, 0.1) is 27.9 Å². The predicted molar refractivity (Wildman–Crippen MR) is 181 cm³/mol. The van der Waals surface area contributed by atoms with E-state index in [2.05, 4.69) is 44.2 Å². The smallest absolute Gasteiger partial charge is 0.870 e. The van der Waals surface area contributed by atoms with Gasteiger partial charge in [0.15, 0.2) is 12.1 Å². The van der Waals surface area contributed by atoms with E-state index in [-0.39, 0.29) is 69.3 Å². The van der Waals surface area contributed by atoms with Crippen LogP contribution in [0.5, 0.6) is 0 Å². The van der Waals surface area contributed by atoms with Crippen molar-refractivity contribution in [2.24, 2.45) is 0 Å². The minimum Gasteiger partial charge on any atom is -0.870 e. The number of pyridine rings is 5. The van der Waals surface area contributed by atoms with Crippen LogP contribution in [0.25, 0.3) is 44.0 Å². The van der Waals surface area contributed by atoms with Crippen LogP contribution in [0.4, 0.5) is 5.69 Å². The third-order valence-corrected chi connectivity index (χ3v) is 6.43. The first kappa shape index (κ1) is 38.8. The van der Waals surface area contributed by atoms with Crippen molar-refractivity contribution >= 4 is 50.5 Å². The molecule has 5 aromatic heterocycles. The molecule has 0 amide bonds. The number of rotatable bonds is 3. The molecule has 11 heteroatoms. The monoisotopic (exact) mass is 652 g/mol. The van der Waals surface area contributed by atoms with E-state index in [4.69, 9.17) is 15.8 Å². The predicted octanol–water partition coefficient (Wildman–Crippen LogP) is 3.58. The molecular weight excluding hydrogens is 620 g/mol. The van der Waals surface area contributed by atoms with Crippen LogP contribution in [0.1, 0.15) is 34.6 Å². The summed E-state index contributed by atoms with van der Waals surface area (Å²) in [4.78, 5) is 42.4. The molecule has 5 heterocycles. The Labute approximate surface area is 314 Å². The number of carbonyl (C=O) groups is 2. The fourth-order valence-corrected chi connectivity index (χ4v) is 4.26. The van der Waals surface area contributed by atoms with Gasteiger partial charge in [-0.25, -0.2) is 4.98 Å². The van der Waals surface area contributed by atoms with Gasteiger partial charge in [0.25, 0.3) is 0 Å². The second-order valence-corrected chi connectivity index (χ2v) is 9.53. The van der Waals surface area contributed by atoms with Crippen LogP contribution in [0.15, 0.2) is 122 Å². The molecule has 0 aliphatic heterocycles. The molecule has 47 heavy (non-hydrogen) atoms. The van der Waals surface area contributed by atoms with Crippen LogP contribution in [-0.2, 0) is 0 Å². The molecule has 0 saturated heterocycles. The van der Waals surface area contributed by atoms with Gasteiger partial charge in [-0.15, -0.1) is 0 Å². The number of hydrogen-bond donors (Lipinski definition) is 2. The van der Waals surface area contributed by atoms with Crippen LogP contribution >= 0.6 is 0 Å². The summed E-state index contributed by atoms with van der Waals surface area (Å²) in [7, 11) is 0. The van der Waals surface area contributed by atoms with Gasteiger partial charge in [-0.3, -0.25) is 29.5 Å². The van der Waals surface area contributed by atoms with E-state index in [0.717, 1.165) is 44.7 Å². The molecule has 0 atom stereocenters. The van der Waals surface area contributed by atoms with Crippen molar-refractivity contribution in [3.63, 3.8) is 0 Å². The van der Waals surface area contributed by atoms with E-state index in [9.17, 15) is 9.59 Å². The summed E-state index contributed by atoms with van der Waals surface area (Å²) in [6.45, 7) is 3.46. The average molecular weight is 653 g/mol. The molecule has 0 saturated carbocycles. The summed E-state index contributed by atoms with van der Waals surface area (Å²) in [5.41, 5.74) is 11.8. The van der Waals surface area contributed by atoms with Crippen molar-refractivity contribution in [3.8, 4) is 11.3 Å². The zero-order valence-electron chi connectivity index (χ0n) is 26.4. The van der Waals surface area contributed by atoms with E-state index in [0.29, 0.717) is 22.3 Å². The summed E-state index contributed by atoms with van der Waals surface area (Å²) < 4.78 is 0. The fraction of sp³-hybridized carbons (Fsp3) is 0.0833. The van der Waals surface area contributed by atoms with Crippen LogP contribution in [0.3, 0.4) is 0 Å². The molecule has 232 valence electrons. The first-order valence-corrected chi connectivity index (χ1v) is 14.1. The molecule has 7 rings (SSSR count). The molecule has 0 radical (unpaired) electrons. The topological polar surface area (TPSA) is 175 Å². The number of ketones is 1. The van der Waals surface area contributed by atoms with Crippen LogP contribution in [-0.4, -0.2) is 54.2 Å². The van der Waals surface area contributed by atoms with E-state index in [1.54, 1.807) is 56.1 Å². The molecule has 0 aliphatic carbocycles. The molecule has 2 aromatic carbocycles. The van der Waals surface area contributed by atoms with Crippen molar-refractivity contribution in [2.75, 3.05) is 12.3 Å². The Morgan fingerprint density at radius 1 is 0.745 bits per heavy atom. The van der Waals surface area contributed by atoms with E-state index in [1.165, 1.54) is 6.92 Å². The molecule has 0 aliphatic rings. The van der Waals surface area contributed by atoms with E-state index in [1.807, 2.05) is 48.7 Å². The number of fused-ring (bicyclic) bond motifs is 4. The van der Waals surface area contributed by atoms with Crippen molar-refractivity contribution in [2.45, 2.75) is 13.8 Å². The Balaban J connectivity index is 0.000000247. The number of nitrogen functional groups attached to an aromatic ring is 1. The SMILES string of the molecule is CC(=O)c1cccnc1.CCO.Nc1c(C=O)ccc2cccnc12.[K+].[OH-].c1cncc(-c2ccc3ccc4cccnc4c3n2)c1.